The molecule has 0 aliphatic carbocycles. The average Bonchev–Trinajstić information content (AvgIpc) is 3.26. The van der Waals surface area contributed by atoms with Gasteiger partial charge in [0.15, 0.2) is 6.10 Å². The molecular weight excluding hydrogens is 442 g/mol. The number of hydrogen-bond acceptors (Lipinski definition) is 7. The summed E-state index contributed by atoms with van der Waals surface area (Å²) in [7, 11) is 0. The summed E-state index contributed by atoms with van der Waals surface area (Å²) < 4.78 is 11.0. The first-order valence-electron chi connectivity index (χ1n) is 10.5. The molecule has 0 unspecified atom stereocenters. The average molecular weight is 466 g/mol. The highest BCUT2D eigenvalue weighted by Gasteiger charge is 2.31. The van der Waals surface area contributed by atoms with Crippen LogP contribution in [0.1, 0.15) is 19.5 Å². The molecule has 3 aromatic rings. The predicted octanol–water partition coefficient (Wildman–Crippen LogP) is 3.67. The number of fused-ring (bicyclic) bond motifs is 1. The lowest BCUT2D eigenvalue weighted by Gasteiger charge is -2.30. The molecule has 1 atom stereocenters. The van der Waals surface area contributed by atoms with Crippen LogP contribution in [0, 0.1) is 0 Å². The molecule has 0 saturated carbocycles. The Bertz CT molecular complexity index is 1190. The number of aromatic nitrogens is 1. The number of hydrogen-bond donors (Lipinski definition) is 1. The van der Waals surface area contributed by atoms with Gasteiger partial charge in [-0.15, -0.1) is 11.3 Å². The number of para-hydroxylation sites is 3. The monoisotopic (exact) mass is 465 g/mol. The van der Waals surface area contributed by atoms with Crippen LogP contribution in [0.5, 0.6) is 5.75 Å². The van der Waals surface area contributed by atoms with Crippen LogP contribution in [-0.4, -0.2) is 42.0 Å². The van der Waals surface area contributed by atoms with E-state index in [2.05, 4.69) is 10.3 Å². The van der Waals surface area contributed by atoms with E-state index in [4.69, 9.17) is 9.47 Å². The summed E-state index contributed by atoms with van der Waals surface area (Å²) >= 11 is 1.41. The normalized spacial score (nSPS) is 13.6. The van der Waals surface area contributed by atoms with E-state index >= 15 is 0 Å². The van der Waals surface area contributed by atoms with Crippen molar-refractivity contribution in [2.75, 3.05) is 23.4 Å². The molecule has 1 aromatic heterocycles. The van der Waals surface area contributed by atoms with E-state index in [0.717, 1.165) is 16.3 Å². The molecule has 4 rings (SSSR count). The number of nitrogens with one attached hydrogen (secondary N) is 1. The highest BCUT2D eigenvalue weighted by atomic mass is 32.1. The molecule has 2 heterocycles. The minimum absolute atomic E-state index is 0.0675. The molecule has 170 valence electrons. The molecule has 1 N–H and O–H groups in total. The van der Waals surface area contributed by atoms with Gasteiger partial charge in [0.2, 0.25) is 5.91 Å². The van der Waals surface area contributed by atoms with Gasteiger partial charge in [-0.1, -0.05) is 24.3 Å². The van der Waals surface area contributed by atoms with Crippen molar-refractivity contribution in [1.82, 2.24) is 4.98 Å². The van der Waals surface area contributed by atoms with Crippen molar-refractivity contribution < 1.29 is 23.9 Å². The number of ether oxygens (including phenoxy) is 2. The first kappa shape index (κ1) is 22.5. The second-order valence-electron chi connectivity index (χ2n) is 7.37. The number of thiazole rings is 1. The summed E-state index contributed by atoms with van der Waals surface area (Å²) in [4.78, 5) is 43.3. The fourth-order valence-electron chi connectivity index (χ4n) is 3.52. The molecule has 0 radical (unpaired) electrons. The molecule has 8 nitrogen and oxygen atoms in total. The maximum atomic E-state index is 12.9. The van der Waals surface area contributed by atoms with Gasteiger partial charge >= 0.3 is 5.97 Å². The Morgan fingerprint density at radius 3 is 2.76 bits per heavy atom. The van der Waals surface area contributed by atoms with E-state index < -0.39 is 18.0 Å². The van der Waals surface area contributed by atoms with Crippen molar-refractivity contribution in [2.24, 2.45) is 0 Å². The summed E-state index contributed by atoms with van der Waals surface area (Å²) in [5.41, 5.74) is 2.52. The molecule has 2 amide bonds. The van der Waals surface area contributed by atoms with Gasteiger partial charge in [0.25, 0.3) is 5.91 Å². The number of carbonyl (C=O) groups is 3. The zero-order valence-corrected chi connectivity index (χ0v) is 19.1. The third kappa shape index (κ3) is 5.04. The van der Waals surface area contributed by atoms with Crippen LogP contribution in [0.2, 0.25) is 0 Å². The van der Waals surface area contributed by atoms with Crippen LogP contribution in [-0.2, 0) is 25.5 Å². The molecule has 1 aliphatic heterocycles. The Morgan fingerprint density at radius 2 is 1.94 bits per heavy atom. The van der Waals surface area contributed by atoms with Gasteiger partial charge < -0.3 is 14.8 Å². The van der Waals surface area contributed by atoms with E-state index in [1.54, 1.807) is 29.6 Å². The minimum atomic E-state index is -1.05. The smallest absolute Gasteiger partial charge is 0.312 e. The van der Waals surface area contributed by atoms with Gasteiger partial charge in [-0.25, -0.2) is 4.98 Å². The maximum Gasteiger partial charge on any atom is 0.312 e. The van der Waals surface area contributed by atoms with Crippen LogP contribution < -0.4 is 15.0 Å². The van der Waals surface area contributed by atoms with Crippen LogP contribution in [0.3, 0.4) is 0 Å². The molecule has 1 aliphatic rings. The van der Waals surface area contributed by atoms with E-state index in [1.807, 2.05) is 31.2 Å². The zero-order valence-electron chi connectivity index (χ0n) is 18.2. The van der Waals surface area contributed by atoms with Crippen molar-refractivity contribution in [1.29, 1.82) is 0 Å². The molecule has 0 bridgehead atoms. The van der Waals surface area contributed by atoms with Crippen molar-refractivity contribution in [3.63, 3.8) is 0 Å². The van der Waals surface area contributed by atoms with Crippen molar-refractivity contribution >= 4 is 40.5 Å². The number of amides is 2. The number of anilines is 2. The molecular formula is C24H23N3O5S. The number of rotatable bonds is 7. The number of carbonyl (C=O) groups excluding carboxylic acids is 3. The maximum absolute atomic E-state index is 12.9. The molecule has 9 heteroatoms. The Kier molecular flexibility index (Phi) is 6.69. The molecule has 33 heavy (non-hydrogen) atoms. The quantitative estimate of drug-likeness (QED) is 0.535. The summed E-state index contributed by atoms with van der Waals surface area (Å²) in [6.45, 7) is 3.82. The molecule has 0 spiro atoms. The topological polar surface area (TPSA) is 97.8 Å². The molecule has 0 fully saturated rings. The van der Waals surface area contributed by atoms with Crippen LogP contribution in [0.25, 0.3) is 10.6 Å². The van der Waals surface area contributed by atoms with Gasteiger partial charge in [-0.3, -0.25) is 19.3 Å². The van der Waals surface area contributed by atoms with Crippen LogP contribution in [0.15, 0.2) is 53.9 Å². The minimum Gasteiger partial charge on any atom is -0.493 e. The first-order chi connectivity index (χ1) is 16.0. The summed E-state index contributed by atoms with van der Waals surface area (Å²) in [5, 5.41) is 5.25. The molecule has 2 aromatic carbocycles. The van der Waals surface area contributed by atoms with Gasteiger partial charge in [-0.05, 0) is 38.1 Å². The Balaban J connectivity index is 1.41. The van der Waals surface area contributed by atoms with E-state index in [1.165, 1.54) is 23.2 Å². The fraction of sp³-hybridized carbons (Fsp3) is 0.250. The Morgan fingerprint density at radius 1 is 1.18 bits per heavy atom. The first-order valence-corrected chi connectivity index (χ1v) is 11.4. The molecule has 0 saturated heterocycles. The lowest BCUT2D eigenvalue weighted by molar-refractivity contribution is -0.153. The van der Waals surface area contributed by atoms with Gasteiger partial charge in [0.1, 0.15) is 17.3 Å². The Hall–Kier alpha value is -3.72. The van der Waals surface area contributed by atoms with Crippen LogP contribution >= 0.6 is 11.3 Å². The van der Waals surface area contributed by atoms with Crippen molar-refractivity contribution in [2.45, 2.75) is 26.4 Å². The second-order valence-corrected chi connectivity index (χ2v) is 8.23. The lowest BCUT2D eigenvalue weighted by atomic mass is 10.1. The SMILES string of the molecule is CCOc1ccccc1-c1nc(CC(=O)O[C@@H](C)C(=O)N2CC(=O)Nc3ccccc32)cs1. The van der Waals surface area contributed by atoms with E-state index in [0.29, 0.717) is 23.7 Å². The third-order valence-corrected chi connectivity index (χ3v) is 5.91. The predicted molar refractivity (Wildman–Crippen MR) is 125 cm³/mol. The van der Waals surface area contributed by atoms with E-state index in [-0.39, 0.29) is 18.9 Å². The summed E-state index contributed by atoms with van der Waals surface area (Å²) in [6, 6.07) is 14.6. The third-order valence-electron chi connectivity index (χ3n) is 4.99. The highest BCUT2D eigenvalue weighted by molar-refractivity contribution is 7.13. The Labute approximate surface area is 195 Å². The number of benzene rings is 2. The lowest BCUT2D eigenvalue weighted by Crippen LogP contribution is -2.47. The second kappa shape index (κ2) is 9.83. The van der Waals surface area contributed by atoms with E-state index in [9.17, 15) is 14.4 Å². The number of nitrogens with zero attached hydrogens (tertiary/aromatic N) is 2. The van der Waals surface area contributed by atoms with Crippen molar-refractivity contribution in [3.8, 4) is 16.3 Å². The number of esters is 1. The van der Waals surface area contributed by atoms with Gasteiger partial charge in [0.05, 0.1) is 35.7 Å². The largest absolute Gasteiger partial charge is 0.493 e. The van der Waals surface area contributed by atoms with Crippen molar-refractivity contribution in [3.05, 3.63) is 59.6 Å². The highest BCUT2D eigenvalue weighted by Crippen LogP contribution is 2.32. The standard InChI is InChI=1S/C24H23N3O5S/c1-3-31-20-11-7-4-8-17(20)23-25-16(14-33-23)12-22(29)32-15(2)24(30)27-13-21(28)26-18-9-5-6-10-19(18)27/h4-11,14-15H,3,12-13H2,1-2H3,(H,26,28)/t15-/m0/s1. The van der Waals surface area contributed by atoms with Gasteiger partial charge in [0, 0.05) is 5.38 Å². The summed E-state index contributed by atoms with van der Waals surface area (Å²) in [5.74, 6) is -0.604. The fourth-order valence-corrected chi connectivity index (χ4v) is 4.37. The summed E-state index contributed by atoms with van der Waals surface area (Å²) in [6.07, 6.45) is -1.12. The van der Waals surface area contributed by atoms with Gasteiger partial charge in [-0.2, -0.15) is 0 Å². The zero-order chi connectivity index (χ0) is 23.4. The van der Waals surface area contributed by atoms with Crippen LogP contribution in [0.4, 0.5) is 11.4 Å².